The first kappa shape index (κ1) is 16.0. The number of ether oxygens (including phenoxy) is 1. The van der Waals surface area contributed by atoms with Crippen LogP contribution in [0.3, 0.4) is 0 Å². The summed E-state index contributed by atoms with van der Waals surface area (Å²) >= 11 is 5.99. The van der Waals surface area contributed by atoms with E-state index in [0.29, 0.717) is 27.8 Å². The zero-order valence-electron chi connectivity index (χ0n) is 12.8. The molecule has 6 nitrogen and oxygen atoms in total. The van der Waals surface area contributed by atoms with Gasteiger partial charge in [-0.25, -0.2) is 0 Å². The number of amides is 1. The highest BCUT2D eigenvalue weighted by atomic mass is 35.5. The first-order chi connectivity index (χ1) is 11.7. The van der Waals surface area contributed by atoms with Gasteiger partial charge >= 0.3 is 0 Å². The Hall–Kier alpha value is -2.86. The van der Waals surface area contributed by atoms with E-state index in [9.17, 15) is 4.79 Å². The molecule has 3 rings (SSSR count). The molecule has 0 bridgehead atoms. The molecule has 0 radical (unpaired) electrons. The predicted octanol–water partition coefficient (Wildman–Crippen LogP) is 3.33. The number of para-hydroxylation sites is 1. The molecule has 3 aromatic rings. The minimum atomic E-state index is -0.308. The molecule has 1 heterocycles. The number of methoxy groups -OCH3 is 1. The van der Waals surface area contributed by atoms with E-state index in [1.165, 1.54) is 0 Å². The second-order valence-corrected chi connectivity index (χ2v) is 5.27. The van der Waals surface area contributed by atoms with Gasteiger partial charge in [0.1, 0.15) is 5.75 Å². The lowest BCUT2D eigenvalue weighted by atomic mass is 10.2. The monoisotopic (exact) mass is 343 g/mol. The van der Waals surface area contributed by atoms with Crippen LogP contribution in [0.5, 0.6) is 5.75 Å². The van der Waals surface area contributed by atoms with E-state index in [-0.39, 0.29) is 18.3 Å². The number of aromatic nitrogens is 2. The van der Waals surface area contributed by atoms with Crippen molar-refractivity contribution in [1.29, 1.82) is 0 Å². The molecule has 0 spiro atoms. The summed E-state index contributed by atoms with van der Waals surface area (Å²) in [5, 5.41) is 11.0. The fourth-order valence-corrected chi connectivity index (χ4v) is 2.37. The fraction of sp³-hybridized carbons (Fsp3) is 0.118. The zero-order valence-corrected chi connectivity index (χ0v) is 13.6. The molecule has 1 N–H and O–H groups in total. The van der Waals surface area contributed by atoms with E-state index < -0.39 is 0 Å². The SMILES string of the molecule is COc1ccccc1-c1nnc(CNC(=O)c2ccccc2Cl)o1. The van der Waals surface area contributed by atoms with E-state index in [4.69, 9.17) is 20.8 Å². The summed E-state index contributed by atoms with van der Waals surface area (Å²) in [6, 6.07) is 14.1. The molecule has 24 heavy (non-hydrogen) atoms. The minimum absolute atomic E-state index is 0.103. The smallest absolute Gasteiger partial charge is 0.253 e. The van der Waals surface area contributed by atoms with Gasteiger partial charge in [-0.3, -0.25) is 4.79 Å². The van der Waals surface area contributed by atoms with Crippen molar-refractivity contribution in [2.24, 2.45) is 0 Å². The van der Waals surface area contributed by atoms with Crippen LogP contribution >= 0.6 is 11.6 Å². The van der Waals surface area contributed by atoms with Crippen LogP contribution in [0.2, 0.25) is 5.02 Å². The average Bonchev–Trinajstić information content (AvgIpc) is 3.09. The first-order valence-corrected chi connectivity index (χ1v) is 7.55. The standard InChI is InChI=1S/C17H14ClN3O3/c1-23-14-9-5-3-7-12(14)17-21-20-15(24-17)10-19-16(22)11-6-2-4-8-13(11)18/h2-9H,10H2,1H3,(H,19,22). The lowest BCUT2D eigenvalue weighted by Crippen LogP contribution is -2.23. The highest BCUT2D eigenvalue weighted by Crippen LogP contribution is 2.28. The molecule has 0 saturated carbocycles. The van der Waals surface area contributed by atoms with Gasteiger partial charge in [0.25, 0.3) is 11.8 Å². The molecule has 0 aliphatic heterocycles. The molecule has 1 aromatic heterocycles. The third kappa shape index (κ3) is 3.38. The highest BCUT2D eigenvalue weighted by molar-refractivity contribution is 6.33. The molecule has 122 valence electrons. The van der Waals surface area contributed by atoms with Crippen molar-refractivity contribution in [3.8, 4) is 17.2 Å². The summed E-state index contributed by atoms with van der Waals surface area (Å²) in [6.07, 6.45) is 0. The number of benzene rings is 2. The second kappa shape index (κ2) is 7.14. The van der Waals surface area contributed by atoms with Crippen molar-refractivity contribution in [1.82, 2.24) is 15.5 Å². The number of carbonyl (C=O) groups is 1. The van der Waals surface area contributed by atoms with Gasteiger partial charge in [-0.2, -0.15) is 0 Å². The summed E-state index contributed by atoms with van der Waals surface area (Å²) in [5.41, 5.74) is 1.08. The van der Waals surface area contributed by atoms with Crippen molar-refractivity contribution >= 4 is 17.5 Å². The van der Waals surface area contributed by atoms with Crippen LogP contribution in [0.1, 0.15) is 16.2 Å². The molecule has 0 aliphatic rings. The normalized spacial score (nSPS) is 10.4. The minimum Gasteiger partial charge on any atom is -0.496 e. The van der Waals surface area contributed by atoms with E-state index in [2.05, 4.69) is 15.5 Å². The van der Waals surface area contributed by atoms with E-state index >= 15 is 0 Å². The largest absolute Gasteiger partial charge is 0.496 e. The lowest BCUT2D eigenvalue weighted by molar-refractivity contribution is 0.0947. The molecule has 0 saturated heterocycles. The topological polar surface area (TPSA) is 77.3 Å². The molecule has 1 amide bonds. The summed E-state index contributed by atoms with van der Waals surface area (Å²) in [5.74, 6) is 0.941. The fourth-order valence-electron chi connectivity index (χ4n) is 2.15. The maximum atomic E-state index is 12.1. The van der Waals surface area contributed by atoms with Gasteiger partial charge in [0.2, 0.25) is 5.89 Å². The number of nitrogens with zero attached hydrogens (tertiary/aromatic N) is 2. The van der Waals surface area contributed by atoms with Crippen molar-refractivity contribution in [3.05, 3.63) is 65.0 Å². The molecular weight excluding hydrogens is 330 g/mol. The van der Waals surface area contributed by atoms with Gasteiger partial charge in [-0.1, -0.05) is 35.9 Å². The first-order valence-electron chi connectivity index (χ1n) is 7.17. The predicted molar refractivity (Wildman–Crippen MR) is 88.9 cm³/mol. The third-order valence-corrected chi connectivity index (χ3v) is 3.65. The molecule has 0 aliphatic carbocycles. The molecule has 0 atom stereocenters. The van der Waals surface area contributed by atoms with Crippen LogP contribution in [0, 0.1) is 0 Å². The van der Waals surface area contributed by atoms with Crippen LogP contribution in [0.25, 0.3) is 11.5 Å². The maximum absolute atomic E-state index is 12.1. The Morgan fingerprint density at radius 1 is 1.17 bits per heavy atom. The van der Waals surface area contributed by atoms with Crippen molar-refractivity contribution in [2.75, 3.05) is 7.11 Å². The van der Waals surface area contributed by atoms with E-state index in [1.54, 1.807) is 37.4 Å². The van der Waals surface area contributed by atoms with Gasteiger partial charge in [0, 0.05) is 0 Å². The molecule has 7 heteroatoms. The Morgan fingerprint density at radius 2 is 1.92 bits per heavy atom. The van der Waals surface area contributed by atoms with Gasteiger partial charge in [0.15, 0.2) is 0 Å². The van der Waals surface area contributed by atoms with Crippen molar-refractivity contribution < 1.29 is 13.9 Å². The van der Waals surface area contributed by atoms with Crippen LogP contribution in [-0.4, -0.2) is 23.2 Å². The number of rotatable bonds is 5. The Balaban J connectivity index is 1.71. The number of carbonyl (C=O) groups excluding carboxylic acids is 1. The lowest BCUT2D eigenvalue weighted by Gasteiger charge is -2.04. The van der Waals surface area contributed by atoms with Crippen molar-refractivity contribution in [3.63, 3.8) is 0 Å². The van der Waals surface area contributed by atoms with Gasteiger partial charge in [-0.15, -0.1) is 10.2 Å². The van der Waals surface area contributed by atoms with Crippen LogP contribution in [-0.2, 0) is 6.54 Å². The molecule has 2 aromatic carbocycles. The van der Waals surface area contributed by atoms with Crippen LogP contribution < -0.4 is 10.1 Å². The number of halogens is 1. The zero-order chi connectivity index (χ0) is 16.9. The van der Waals surface area contributed by atoms with E-state index in [1.807, 2.05) is 18.2 Å². The molecular formula is C17H14ClN3O3. The maximum Gasteiger partial charge on any atom is 0.253 e. The Morgan fingerprint density at radius 3 is 2.71 bits per heavy atom. The Bertz CT molecular complexity index is 864. The van der Waals surface area contributed by atoms with Crippen LogP contribution in [0.4, 0.5) is 0 Å². The van der Waals surface area contributed by atoms with Gasteiger partial charge in [0.05, 0.1) is 29.8 Å². The summed E-state index contributed by atoms with van der Waals surface area (Å²) in [7, 11) is 1.57. The highest BCUT2D eigenvalue weighted by Gasteiger charge is 2.14. The summed E-state index contributed by atoms with van der Waals surface area (Å²) in [6.45, 7) is 0.103. The second-order valence-electron chi connectivity index (χ2n) is 4.86. The summed E-state index contributed by atoms with van der Waals surface area (Å²) < 4.78 is 10.8. The van der Waals surface area contributed by atoms with Gasteiger partial charge < -0.3 is 14.5 Å². The average molecular weight is 344 g/mol. The quantitative estimate of drug-likeness (QED) is 0.768. The molecule has 0 unspecified atom stereocenters. The van der Waals surface area contributed by atoms with E-state index in [0.717, 1.165) is 0 Å². The number of nitrogens with one attached hydrogen (secondary N) is 1. The Labute approximate surface area is 143 Å². The van der Waals surface area contributed by atoms with Gasteiger partial charge in [-0.05, 0) is 24.3 Å². The van der Waals surface area contributed by atoms with Crippen molar-refractivity contribution in [2.45, 2.75) is 6.54 Å². The molecule has 0 fully saturated rings. The number of hydrogen-bond donors (Lipinski definition) is 1. The Kier molecular flexibility index (Phi) is 4.77. The third-order valence-electron chi connectivity index (χ3n) is 3.32. The summed E-state index contributed by atoms with van der Waals surface area (Å²) in [4.78, 5) is 12.1. The van der Waals surface area contributed by atoms with Crippen LogP contribution in [0.15, 0.2) is 52.9 Å². The number of hydrogen-bond acceptors (Lipinski definition) is 5.